The average molecular weight is 293 g/mol. The second kappa shape index (κ2) is 4.66. The third-order valence-electron chi connectivity index (χ3n) is 4.17. The van der Waals surface area contributed by atoms with Crippen LogP contribution in [0.2, 0.25) is 0 Å². The normalized spacial score (nSPS) is 14.4. The Balaban J connectivity index is 2.04. The molecule has 5 nitrogen and oxygen atoms in total. The van der Waals surface area contributed by atoms with Crippen molar-refractivity contribution in [1.82, 2.24) is 14.8 Å². The zero-order chi connectivity index (χ0) is 15.3. The van der Waals surface area contributed by atoms with Gasteiger partial charge in [0.05, 0.1) is 23.1 Å². The molecule has 1 aliphatic carbocycles. The van der Waals surface area contributed by atoms with Gasteiger partial charge < -0.3 is 5.11 Å². The molecule has 2 heterocycles. The standard InChI is InChI=1S/C17H15N3O2/c1-10-4-7-14-12(3-2-8-18-14)15(10)20-16(11-5-6-11)13(9-19-20)17(21)22/h2-4,7-9,11H,5-6H2,1H3,(H,21,22). The molecule has 1 aromatic carbocycles. The van der Waals surface area contributed by atoms with Crippen LogP contribution < -0.4 is 0 Å². The first-order valence-electron chi connectivity index (χ1n) is 7.32. The van der Waals surface area contributed by atoms with Crippen molar-refractivity contribution in [2.24, 2.45) is 0 Å². The molecule has 2 aromatic heterocycles. The molecule has 1 aliphatic rings. The first-order valence-corrected chi connectivity index (χ1v) is 7.32. The zero-order valence-corrected chi connectivity index (χ0v) is 12.2. The van der Waals surface area contributed by atoms with Crippen LogP contribution in [0.4, 0.5) is 0 Å². The maximum atomic E-state index is 11.5. The van der Waals surface area contributed by atoms with Crippen LogP contribution in [0.1, 0.15) is 40.4 Å². The minimum absolute atomic E-state index is 0.292. The number of nitrogens with zero attached hydrogens (tertiary/aromatic N) is 3. The van der Waals surface area contributed by atoms with Crippen LogP contribution in [0.25, 0.3) is 16.6 Å². The highest BCUT2D eigenvalue weighted by Gasteiger charge is 2.33. The summed E-state index contributed by atoms with van der Waals surface area (Å²) in [6, 6.07) is 7.88. The van der Waals surface area contributed by atoms with Crippen molar-refractivity contribution in [2.75, 3.05) is 0 Å². The summed E-state index contributed by atoms with van der Waals surface area (Å²) >= 11 is 0. The molecule has 1 N–H and O–H groups in total. The van der Waals surface area contributed by atoms with E-state index < -0.39 is 5.97 Å². The van der Waals surface area contributed by atoms with Gasteiger partial charge in [-0.3, -0.25) is 4.98 Å². The first kappa shape index (κ1) is 13.0. The molecule has 3 aromatic rings. The van der Waals surface area contributed by atoms with Crippen molar-refractivity contribution in [2.45, 2.75) is 25.7 Å². The Morgan fingerprint density at radius 1 is 1.32 bits per heavy atom. The van der Waals surface area contributed by atoms with Gasteiger partial charge in [0.1, 0.15) is 5.56 Å². The predicted molar refractivity (Wildman–Crippen MR) is 82.5 cm³/mol. The van der Waals surface area contributed by atoms with Gasteiger partial charge in [0, 0.05) is 17.5 Å². The predicted octanol–water partition coefficient (Wildman–Crippen LogP) is 3.30. The molecule has 0 bridgehead atoms. The van der Waals surface area contributed by atoms with Crippen LogP contribution >= 0.6 is 0 Å². The van der Waals surface area contributed by atoms with Crippen molar-refractivity contribution >= 4 is 16.9 Å². The summed E-state index contributed by atoms with van der Waals surface area (Å²) in [5.74, 6) is -0.621. The smallest absolute Gasteiger partial charge is 0.339 e. The van der Waals surface area contributed by atoms with E-state index in [9.17, 15) is 9.90 Å². The van der Waals surface area contributed by atoms with Crippen molar-refractivity contribution in [3.05, 3.63) is 53.5 Å². The van der Waals surface area contributed by atoms with Gasteiger partial charge in [-0.05, 0) is 43.5 Å². The third kappa shape index (κ3) is 1.89. The number of hydrogen-bond acceptors (Lipinski definition) is 3. The molecule has 4 rings (SSSR count). The van der Waals surface area contributed by atoms with E-state index in [0.717, 1.165) is 40.7 Å². The van der Waals surface area contributed by atoms with E-state index in [1.54, 1.807) is 10.9 Å². The average Bonchev–Trinajstić information content (AvgIpc) is 3.26. The molecule has 110 valence electrons. The number of fused-ring (bicyclic) bond motifs is 1. The molecule has 0 radical (unpaired) electrons. The number of aromatic carboxylic acids is 1. The molecule has 0 spiro atoms. The number of benzene rings is 1. The third-order valence-corrected chi connectivity index (χ3v) is 4.17. The number of carbonyl (C=O) groups is 1. The van der Waals surface area contributed by atoms with Crippen molar-refractivity contribution in [3.63, 3.8) is 0 Å². The Bertz CT molecular complexity index is 894. The molecule has 0 saturated heterocycles. The van der Waals surface area contributed by atoms with E-state index in [1.165, 1.54) is 6.20 Å². The highest BCUT2D eigenvalue weighted by molar-refractivity contribution is 5.91. The number of hydrogen-bond donors (Lipinski definition) is 1. The second-order valence-electron chi connectivity index (χ2n) is 5.74. The number of aryl methyl sites for hydroxylation is 1. The van der Waals surface area contributed by atoms with E-state index in [4.69, 9.17) is 0 Å². The Morgan fingerprint density at radius 3 is 2.86 bits per heavy atom. The number of carboxylic acid groups (broad SMARTS) is 1. The van der Waals surface area contributed by atoms with Gasteiger partial charge in [-0.1, -0.05) is 6.07 Å². The maximum absolute atomic E-state index is 11.5. The van der Waals surface area contributed by atoms with Gasteiger partial charge in [-0.25, -0.2) is 9.48 Å². The summed E-state index contributed by atoms with van der Waals surface area (Å²) in [7, 11) is 0. The fraction of sp³-hybridized carbons (Fsp3) is 0.235. The van der Waals surface area contributed by atoms with Crippen LogP contribution in [-0.4, -0.2) is 25.8 Å². The van der Waals surface area contributed by atoms with Crippen LogP contribution in [0.3, 0.4) is 0 Å². The largest absolute Gasteiger partial charge is 0.478 e. The van der Waals surface area contributed by atoms with Crippen molar-refractivity contribution in [1.29, 1.82) is 0 Å². The van der Waals surface area contributed by atoms with Crippen LogP contribution in [0, 0.1) is 6.92 Å². The highest BCUT2D eigenvalue weighted by Crippen LogP contribution is 2.43. The fourth-order valence-corrected chi connectivity index (χ4v) is 2.98. The second-order valence-corrected chi connectivity index (χ2v) is 5.74. The molecule has 0 atom stereocenters. The molecule has 1 fully saturated rings. The monoisotopic (exact) mass is 293 g/mol. The topological polar surface area (TPSA) is 68.0 Å². The number of carboxylic acids is 1. The number of rotatable bonds is 3. The lowest BCUT2D eigenvalue weighted by molar-refractivity contribution is 0.0695. The molecule has 5 heteroatoms. The van der Waals surface area contributed by atoms with Gasteiger partial charge in [-0.2, -0.15) is 5.10 Å². The SMILES string of the molecule is Cc1ccc2ncccc2c1-n1ncc(C(=O)O)c1C1CC1. The summed E-state index contributed by atoms with van der Waals surface area (Å²) in [5, 5.41) is 14.8. The van der Waals surface area contributed by atoms with Crippen LogP contribution in [0.5, 0.6) is 0 Å². The highest BCUT2D eigenvalue weighted by atomic mass is 16.4. The first-order chi connectivity index (χ1) is 10.7. The summed E-state index contributed by atoms with van der Waals surface area (Å²) in [6.07, 6.45) is 5.27. The Kier molecular flexibility index (Phi) is 2.76. The molecule has 0 aliphatic heterocycles. The van der Waals surface area contributed by atoms with Crippen LogP contribution in [0.15, 0.2) is 36.7 Å². The fourth-order valence-electron chi connectivity index (χ4n) is 2.98. The van der Waals surface area contributed by atoms with Gasteiger partial charge in [0.25, 0.3) is 0 Å². The van der Waals surface area contributed by atoms with Crippen LogP contribution in [-0.2, 0) is 0 Å². The Labute approximate surface area is 127 Å². The van der Waals surface area contributed by atoms with Gasteiger partial charge in [0.2, 0.25) is 0 Å². The van der Waals surface area contributed by atoms with E-state index in [1.807, 2.05) is 31.2 Å². The minimum Gasteiger partial charge on any atom is -0.478 e. The minimum atomic E-state index is -0.913. The summed E-state index contributed by atoms with van der Waals surface area (Å²) in [5.41, 5.74) is 3.99. The zero-order valence-electron chi connectivity index (χ0n) is 12.2. The van der Waals surface area contributed by atoms with E-state index in [2.05, 4.69) is 10.1 Å². The van der Waals surface area contributed by atoms with Crippen molar-refractivity contribution < 1.29 is 9.90 Å². The lowest BCUT2D eigenvalue weighted by Crippen LogP contribution is -2.07. The summed E-state index contributed by atoms with van der Waals surface area (Å²) in [4.78, 5) is 15.9. The van der Waals surface area contributed by atoms with Gasteiger partial charge >= 0.3 is 5.97 Å². The molecular weight excluding hydrogens is 278 g/mol. The van der Waals surface area contributed by atoms with Gasteiger partial charge in [-0.15, -0.1) is 0 Å². The van der Waals surface area contributed by atoms with E-state index in [-0.39, 0.29) is 0 Å². The number of aromatic nitrogens is 3. The van der Waals surface area contributed by atoms with E-state index in [0.29, 0.717) is 11.5 Å². The molecule has 22 heavy (non-hydrogen) atoms. The Hall–Kier alpha value is -2.69. The van der Waals surface area contributed by atoms with Gasteiger partial charge in [0.15, 0.2) is 0 Å². The van der Waals surface area contributed by atoms with E-state index >= 15 is 0 Å². The summed E-state index contributed by atoms with van der Waals surface area (Å²) < 4.78 is 1.81. The Morgan fingerprint density at radius 2 is 2.14 bits per heavy atom. The molecule has 0 amide bonds. The lowest BCUT2D eigenvalue weighted by Gasteiger charge is -2.13. The molecular formula is C17H15N3O2. The van der Waals surface area contributed by atoms with Crippen molar-refractivity contribution in [3.8, 4) is 5.69 Å². The number of pyridine rings is 1. The maximum Gasteiger partial charge on any atom is 0.339 e. The quantitative estimate of drug-likeness (QED) is 0.804. The molecule has 1 saturated carbocycles. The summed E-state index contributed by atoms with van der Waals surface area (Å²) in [6.45, 7) is 2.01. The molecule has 0 unspecified atom stereocenters. The lowest BCUT2D eigenvalue weighted by atomic mass is 10.1.